The number of hydrogen-bond donors (Lipinski definition) is 2. The molecule has 0 bridgehead atoms. The van der Waals surface area contributed by atoms with Gasteiger partial charge in [0.2, 0.25) is 0 Å². The number of rotatable bonds is 4. The van der Waals surface area contributed by atoms with Crippen LogP contribution >= 0.6 is 0 Å². The molecule has 4 nitrogen and oxygen atoms in total. The van der Waals surface area contributed by atoms with E-state index in [1.165, 1.54) is 0 Å². The van der Waals surface area contributed by atoms with Gasteiger partial charge in [0.15, 0.2) is 0 Å². The summed E-state index contributed by atoms with van der Waals surface area (Å²) in [7, 11) is 0. The summed E-state index contributed by atoms with van der Waals surface area (Å²) in [5.74, 6) is 0. The standard InChI is InChI=1S/C11H25N3O/c1-9(2)14(8-6-7-12)10(15)13-11(3,4)5/h9H,6-8,12H2,1-5H3,(H,13,15). The molecule has 0 fully saturated rings. The van der Waals surface area contributed by atoms with E-state index in [4.69, 9.17) is 5.73 Å². The highest BCUT2D eigenvalue weighted by Gasteiger charge is 2.20. The number of nitrogens with two attached hydrogens (primary N) is 1. The molecule has 0 atom stereocenters. The van der Waals surface area contributed by atoms with Gasteiger partial charge in [-0.05, 0) is 47.6 Å². The van der Waals surface area contributed by atoms with Crippen molar-refractivity contribution in [3.63, 3.8) is 0 Å². The minimum absolute atomic E-state index is 0.00838. The predicted octanol–water partition coefficient (Wildman–Crippen LogP) is 1.55. The fourth-order valence-corrected chi connectivity index (χ4v) is 1.25. The monoisotopic (exact) mass is 215 g/mol. The number of carbonyl (C=O) groups is 1. The average Bonchev–Trinajstić information content (AvgIpc) is 2.00. The van der Waals surface area contributed by atoms with Crippen LogP contribution in [0.2, 0.25) is 0 Å². The second-order valence-corrected chi connectivity index (χ2v) is 5.11. The summed E-state index contributed by atoms with van der Waals surface area (Å²) in [4.78, 5) is 13.7. The highest BCUT2D eigenvalue weighted by atomic mass is 16.2. The third kappa shape index (κ3) is 6.33. The van der Waals surface area contributed by atoms with Crippen LogP contribution in [0.5, 0.6) is 0 Å². The van der Waals surface area contributed by atoms with Crippen molar-refractivity contribution >= 4 is 6.03 Å². The van der Waals surface area contributed by atoms with Crippen LogP contribution in [0, 0.1) is 0 Å². The molecule has 2 amide bonds. The minimum Gasteiger partial charge on any atom is -0.333 e. The number of urea groups is 1. The molecule has 4 heteroatoms. The molecule has 90 valence electrons. The van der Waals surface area contributed by atoms with Crippen molar-refractivity contribution in [2.45, 2.75) is 52.6 Å². The highest BCUT2D eigenvalue weighted by molar-refractivity contribution is 5.75. The van der Waals surface area contributed by atoms with E-state index in [1.54, 1.807) is 0 Å². The van der Waals surface area contributed by atoms with E-state index >= 15 is 0 Å². The van der Waals surface area contributed by atoms with Crippen LogP contribution in [-0.2, 0) is 0 Å². The molecule has 0 heterocycles. The van der Waals surface area contributed by atoms with Crippen LogP contribution in [-0.4, -0.2) is 35.6 Å². The molecular weight excluding hydrogens is 190 g/mol. The maximum atomic E-state index is 11.9. The maximum absolute atomic E-state index is 11.9. The third-order valence-corrected chi connectivity index (χ3v) is 1.97. The number of carbonyl (C=O) groups excluding carboxylic acids is 1. The van der Waals surface area contributed by atoms with Gasteiger partial charge in [-0.2, -0.15) is 0 Å². The number of nitrogens with one attached hydrogen (secondary N) is 1. The van der Waals surface area contributed by atoms with E-state index in [1.807, 2.05) is 39.5 Å². The zero-order valence-electron chi connectivity index (χ0n) is 10.6. The Balaban J connectivity index is 4.29. The van der Waals surface area contributed by atoms with Gasteiger partial charge in [0.1, 0.15) is 0 Å². The van der Waals surface area contributed by atoms with Crippen LogP contribution in [0.3, 0.4) is 0 Å². The summed E-state index contributed by atoms with van der Waals surface area (Å²) in [6.07, 6.45) is 0.843. The van der Waals surface area contributed by atoms with E-state index in [-0.39, 0.29) is 17.6 Å². The molecule has 0 aliphatic heterocycles. The molecule has 15 heavy (non-hydrogen) atoms. The summed E-state index contributed by atoms with van der Waals surface area (Å²) >= 11 is 0. The first-order valence-corrected chi connectivity index (χ1v) is 5.57. The van der Waals surface area contributed by atoms with Crippen molar-refractivity contribution < 1.29 is 4.79 Å². The lowest BCUT2D eigenvalue weighted by Gasteiger charge is -2.31. The zero-order valence-corrected chi connectivity index (χ0v) is 10.6. The molecule has 0 unspecified atom stereocenters. The van der Waals surface area contributed by atoms with Crippen LogP contribution in [0.1, 0.15) is 41.0 Å². The lowest BCUT2D eigenvalue weighted by molar-refractivity contribution is 0.174. The molecule has 0 saturated heterocycles. The Labute approximate surface area is 93.2 Å². The first kappa shape index (κ1) is 14.2. The van der Waals surface area contributed by atoms with Crippen LogP contribution in [0.4, 0.5) is 4.79 Å². The largest absolute Gasteiger partial charge is 0.333 e. The van der Waals surface area contributed by atoms with E-state index in [2.05, 4.69) is 5.32 Å². The van der Waals surface area contributed by atoms with Crippen LogP contribution in [0.15, 0.2) is 0 Å². The lowest BCUT2D eigenvalue weighted by atomic mass is 10.1. The third-order valence-electron chi connectivity index (χ3n) is 1.97. The van der Waals surface area contributed by atoms with Gasteiger partial charge < -0.3 is 16.0 Å². The van der Waals surface area contributed by atoms with Crippen molar-refractivity contribution in [3.8, 4) is 0 Å². The molecule has 0 aliphatic rings. The average molecular weight is 215 g/mol. The Morgan fingerprint density at radius 1 is 1.40 bits per heavy atom. The summed E-state index contributed by atoms with van der Waals surface area (Å²) < 4.78 is 0. The Hall–Kier alpha value is -0.770. The lowest BCUT2D eigenvalue weighted by Crippen LogP contribution is -2.51. The van der Waals surface area contributed by atoms with Gasteiger partial charge in [-0.1, -0.05) is 0 Å². The molecule has 0 rings (SSSR count). The normalized spacial score (nSPS) is 11.7. The number of hydrogen-bond acceptors (Lipinski definition) is 2. The van der Waals surface area contributed by atoms with Crippen molar-refractivity contribution in [2.75, 3.05) is 13.1 Å². The first-order chi connectivity index (χ1) is 6.78. The van der Waals surface area contributed by atoms with E-state index < -0.39 is 0 Å². The Morgan fingerprint density at radius 3 is 2.27 bits per heavy atom. The number of amides is 2. The van der Waals surface area contributed by atoms with Gasteiger partial charge in [-0.25, -0.2) is 4.79 Å². The molecule has 0 aliphatic carbocycles. The smallest absolute Gasteiger partial charge is 0.318 e. The van der Waals surface area contributed by atoms with Crippen LogP contribution in [0.25, 0.3) is 0 Å². The molecular formula is C11H25N3O. The summed E-state index contributed by atoms with van der Waals surface area (Å²) in [6.45, 7) is 11.3. The first-order valence-electron chi connectivity index (χ1n) is 5.57. The van der Waals surface area contributed by atoms with Gasteiger partial charge in [0.05, 0.1) is 0 Å². The molecule has 0 saturated carbocycles. The quantitative estimate of drug-likeness (QED) is 0.747. The molecule has 0 spiro atoms. The minimum atomic E-state index is -0.188. The van der Waals surface area contributed by atoms with Gasteiger partial charge >= 0.3 is 6.03 Å². The van der Waals surface area contributed by atoms with Gasteiger partial charge in [0, 0.05) is 18.1 Å². The van der Waals surface area contributed by atoms with Crippen molar-refractivity contribution in [1.29, 1.82) is 0 Å². The Kier molecular flexibility index (Phi) is 5.65. The molecule has 3 N–H and O–H groups in total. The van der Waals surface area contributed by atoms with Gasteiger partial charge in [-0.15, -0.1) is 0 Å². The van der Waals surface area contributed by atoms with Crippen LogP contribution < -0.4 is 11.1 Å². The molecule has 0 aromatic carbocycles. The second kappa shape index (κ2) is 5.95. The predicted molar refractivity (Wildman–Crippen MR) is 63.8 cm³/mol. The van der Waals surface area contributed by atoms with E-state index in [9.17, 15) is 4.79 Å². The maximum Gasteiger partial charge on any atom is 0.318 e. The summed E-state index contributed by atoms with van der Waals surface area (Å²) in [5, 5.41) is 2.96. The van der Waals surface area contributed by atoms with Crippen molar-refractivity contribution in [3.05, 3.63) is 0 Å². The Morgan fingerprint density at radius 2 is 1.93 bits per heavy atom. The fraction of sp³-hybridized carbons (Fsp3) is 0.909. The van der Waals surface area contributed by atoms with Crippen molar-refractivity contribution in [1.82, 2.24) is 10.2 Å². The van der Waals surface area contributed by atoms with Gasteiger partial charge in [-0.3, -0.25) is 0 Å². The summed E-state index contributed by atoms with van der Waals surface area (Å²) in [6, 6.07) is 0.199. The van der Waals surface area contributed by atoms with E-state index in [0.29, 0.717) is 6.54 Å². The summed E-state index contributed by atoms with van der Waals surface area (Å²) in [5.41, 5.74) is 5.26. The second-order valence-electron chi connectivity index (χ2n) is 5.11. The molecule has 0 radical (unpaired) electrons. The van der Waals surface area contributed by atoms with Gasteiger partial charge in [0.25, 0.3) is 0 Å². The zero-order chi connectivity index (χ0) is 12.1. The highest BCUT2D eigenvalue weighted by Crippen LogP contribution is 2.05. The molecule has 0 aromatic rings. The van der Waals surface area contributed by atoms with E-state index in [0.717, 1.165) is 13.0 Å². The Bertz CT molecular complexity index is 196. The SMILES string of the molecule is CC(C)N(CCCN)C(=O)NC(C)(C)C. The topological polar surface area (TPSA) is 58.4 Å². The fourth-order valence-electron chi connectivity index (χ4n) is 1.25. The molecule has 0 aromatic heterocycles. The number of nitrogens with zero attached hydrogens (tertiary/aromatic N) is 1. The van der Waals surface area contributed by atoms with Crippen molar-refractivity contribution in [2.24, 2.45) is 5.73 Å².